The minimum atomic E-state index is -0.00605. The van der Waals surface area contributed by atoms with Crippen molar-refractivity contribution in [3.05, 3.63) is 39.4 Å². The van der Waals surface area contributed by atoms with E-state index in [4.69, 9.17) is 16.3 Å². The van der Waals surface area contributed by atoms with E-state index in [0.29, 0.717) is 14.7 Å². The Morgan fingerprint density at radius 1 is 1.29 bits per heavy atom. The average Bonchev–Trinajstić information content (AvgIpc) is 2.99. The van der Waals surface area contributed by atoms with Crippen LogP contribution < -0.4 is 5.32 Å². The number of imidazole rings is 1. The molecule has 4 rings (SSSR count). The highest BCUT2D eigenvalue weighted by Crippen LogP contribution is 2.29. The number of ether oxygens (including phenoxy) is 1. The number of hydrogen-bond acceptors (Lipinski definition) is 5. The highest BCUT2D eigenvalue weighted by molar-refractivity contribution is 14.1. The number of nitrogens with zero attached hydrogens (tertiary/aromatic N) is 4. The first-order chi connectivity index (χ1) is 11.7. The van der Waals surface area contributed by atoms with E-state index in [0.717, 1.165) is 42.7 Å². The summed E-state index contributed by atoms with van der Waals surface area (Å²) in [5.74, 6) is 0.668. The molecule has 24 heavy (non-hydrogen) atoms. The quantitative estimate of drug-likeness (QED) is 0.464. The van der Waals surface area contributed by atoms with Crippen molar-refractivity contribution in [1.82, 2.24) is 19.5 Å². The van der Waals surface area contributed by atoms with Crippen molar-refractivity contribution in [1.29, 1.82) is 0 Å². The first-order valence-electron chi connectivity index (χ1n) is 7.75. The van der Waals surface area contributed by atoms with Crippen LogP contribution in [0.2, 0.25) is 5.02 Å². The van der Waals surface area contributed by atoms with E-state index in [1.54, 1.807) is 6.33 Å². The molecule has 0 amide bonds. The van der Waals surface area contributed by atoms with Gasteiger partial charge in [-0.05, 0) is 37.5 Å². The van der Waals surface area contributed by atoms with Crippen molar-refractivity contribution in [2.75, 3.05) is 11.9 Å². The lowest BCUT2D eigenvalue weighted by Crippen LogP contribution is -2.18. The van der Waals surface area contributed by atoms with E-state index in [1.807, 2.05) is 28.8 Å². The van der Waals surface area contributed by atoms with E-state index >= 15 is 0 Å². The van der Waals surface area contributed by atoms with Gasteiger partial charge >= 0.3 is 0 Å². The van der Waals surface area contributed by atoms with E-state index in [2.05, 4.69) is 42.9 Å². The number of benzene rings is 1. The Balaban J connectivity index is 1.74. The van der Waals surface area contributed by atoms with Crippen LogP contribution in [-0.2, 0) is 4.74 Å². The normalized spacial score (nSPS) is 18.0. The van der Waals surface area contributed by atoms with E-state index in [1.165, 1.54) is 0 Å². The standard InChI is InChI=1S/C16H15ClIN5O/c17-10-4-3-5-11(8-10)20-14-13-15(22-16(18)21-14)23(9-19-13)12-6-1-2-7-24-12/h3-5,8-9,12H,1-2,6-7H2,(H,20,21,22). The fourth-order valence-corrected chi connectivity index (χ4v) is 3.49. The van der Waals surface area contributed by atoms with Gasteiger partial charge in [-0.3, -0.25) is 4.57 Å². The molecule has 1 aliphatic rings. The van der Waals surface area contributed by atoms with Gasteiger partial charge in [0.15, 0.2) is 20.8 Å². The van der Waals surface area contributed by atoms with Gasteiger partial charge in [0.25, 0.3) is 0 Å². The van der Waals surface area contributed by atoms with Crippen molar-refractivity contribution >= 4 is 56.9 Å². The molecule has 1 aliphatic heterocycles. The Hall–Kier alpha value is -1.45. The van der Waals surface area contributed by atoms with Crippen LogP contribution in [0.25, 0.3) is 11.2 Å². The average molecular weight is 456 g/mol. The fraction of sp³-hybridized carbons (Fsp3) is 0.312. The van der Waals surface area contributed by atoms with E-state index in [-0.39, 0.29) is 6.23 Å². The predicted molar refractivity (Wildman–Crippen MR) is 102 cm³/mol. The summed E-state index contributed by atoms with van der Waals surface area (Å²) in [6, 6.07) is 7.52. The minimum absolute atomic E-state index is 0.00605. The SMILES string of the molecule is Clc1cccc(Nc2nc(I)nc3c2ncn3C2CCCCO2)c1. The molecule has 1 N–H and O–H groups in total. The molecule has 3 heterocycles. The Labute approximate surface area is 157 Å². The van der Waals surface area contributed by atoms with Crippen molar-refractivity contribution in [2.24, 2.45) is 0 Å². The molecule has 124 valence electrons. The molecule has 0 radical (unpaired) electrons. The predicted octanol–water partition coefficient (Wildman–Crippen LogP) is 4.53. The number of fused-ring (bicyclic) bond motifs is 1. The number of anilines is 2. The highest BCUT2D eigenvalue weighted by atomic mass is 127. The molecule has 1 fully saturated rings. The van der Waals surface area contributed by atoms with Crippen LogP contribution in [0.15, 0.2) is 30.6 Å². The van der Waals surface area contributed by atoms with Crippen LogP contribution in [0.5, 0.6) is 0 Å². The van der Waals surface area contributed by atoms with Gasteiger partial charge in [0.2, 0.25) is 0 Å². The largest absolute Gasteiger partial charge is 0.358 e. The van der Waals surface area contributed by atoms with Crippen molar-refractivity contribution in [3.8, 4) is 0 Å². The number of halogens is 2. The van der Waals surface area contributed by atoms with E-state index in [9.17, 15) is 0 Å². The molecule has 6 nitrogen and oxygen atoms in total. The molecular formula is C16H15ClIN5O. The molecule has 0 saturated carbocycles. The van der Waals surface area contributed by atoms with Crippen molar-refractivity contribution < 1.29 is 4.74 Å². The molecule has 8 heteroatoms. The summed E-state index contributed by atoms with van der Waals surface area (Å²) in [6.45, 7) is 0.778. The third-order valence-electron chi connectivity index (χ3n) is 3.95. The number of nitrogens with one attached hydrogen (secondary N) is 1. The third kappa shape index (κ3) is 3.20. The van der Waals surface area contributed by atoms with Gasteiger partial charge in [-0.2, -0.15) is 0 Å². The van der Waals surface area contributed by atoms with Crippen LogP contribution in [0.1, 0.15) is 25.5 Å². The van der Waals surface area contributed by atoms with Crippen LogP contribution >= 0.6 is 34.2 Å². The smallest absolute Gasteiger partial charge is 0.194 e. The summed E-state index contributed by atoms with van der Waals surface area (Å²) in [6.07, 6.45) is 5.02. The molecule has 2 aromatic heterocycles. The lowest BCUT2D eigenvalue weighted by Gasteiger charge is -2.23. The maximum absolute atomic E-state index is 6.06. The zero-order valence-electron chi connectivity index (χ0n) is 12.7. The van der Waals surface area contributed by atoms with E-state index < -0.39 is 0 Å². The summed E-state index contributed by atoms with van der Waals surface area (Å²) in [7, 11) is 0. The summed E-state index contributed by atoms with van der Waals surface area (Å²) in [5, 5.41) is 3.96. The molecular weight excluding hydrogens is 441 g/mol. The molecule has 3 aromatic rings. The Kier molecular flexibility index (Phi) is 4.55. The maximum atomic E-state index is 6.06. The maximum Gasteiger partial charge on any atom is 0.194 e. The molecule has 0 bridgehead atoms. The van der Waals surface area contributed by atoms with Crippen LogP contribution in [-0.4, -0.2) is 26.1 Å². The van der Waals surface area contributed by atoms with Crippen LogP contribution in [0.3, 0.4) is 0 Å². The van der Waals surface area contributed by atoms with Gasteiger partial charge in [-0.15, -0.1) is 0 Å². The van der Waals surface area contributed by atoms with Gasteiger partial charge in [-0.25, -0.2) is 15.0 Å². The second-order valence-corrected chi connectivity index (χ2v) is 7.02. The van der Waals surface area contributed by atoms with Gasteiger partial charge in [0.1, 0.15) is 6.23 Å². The molecule has 0 spiro atoms. The molecule has 1 atom stereocenters. The Bertz CT molecular complexity index is 878. The van der Waals surface area contributed by atoms with Crippen LogP contribution in [0, 0.1) is 3.83 Å². The summed E-state index contributed by atoms with van der Waals surface area (Å²) in [4.78, 5) is 13.6. The second kappa shape index (κ2) is 6.81. The fourth-order valence-electron chi connectivity index (χ4n) is 2.83. The Morgan fingerprint density at radius 3 is 3.00 bits per heavy atom. The molecule has 0 aliphatic carbocycles. The van der Waals surface area contributed by atoms with Gasteiger partial charge < -0.3 is 10.1 Å². The number of rotatable bonds is 3. The number of hydrogen-bond donors (Lipinski definition) is 1. The zero-order chi connectivity index (χ0) is 16.5. The lowest BCUT2D eigenvalue weighted by atomic mass is 10.2. The molecule has 1 saturated heterocycles. The summed E-state index contributed by atoms with van der Waals surface area (Å²) >= 11 is 8.17. The third-order valence-corrected chi connectivity index (χ3v) is 4.66. The zero-order valence-corrected chi connectivity index (χ0v) is 15.7. The topological polar surface area (TPSA) is 64.9 Å². The van der Waals surface area contributed by atoms with Gasteiger partial charge in [0.05, 0.1) is 6.33 Å². The number of aromatic nitrogens is 4. The van der Waals surface area contributed by atoms with Gasteiger partial charge in [-0.1, -0.05) is 17.7 Å². The highest BCUT2D eigenvalue weighted by Gasteiger charge is 2.21. The second-order valence-electron chi connectivity index (χ2n) is 5.62. The lowest BCUT2D eigenvalue weighted by molar-refractivity contribution is -0.0298. The van der Waals surface area contributed by atoms with Crippen molar-refractivity contribution in [2.45, 2.75) is 25.5 Å². The van der Waals surface area contributed by atoms with Gasteiger partial charge in [0, 0.05) is 39.9 Å². The summed E-state index contributed by atoms with van der Waals surface area (Å²) in [5.41, 5.74) is 2.37. The summed E-state index contributed by atoms with van der Waals surface area (Å²) < 4.78 is 8.52. The molecule has 1 aromatic carbocycles. The molecule has 1 unspecified atom stereocenters. The van der Waals surface area contributed by atoms with Crippen molar-refractivity contribution in [3.63, 3.8) is 0 Å². The minimum Gasteiger partial charge on any atom is -0.358 e. The monoisotopic (exact) mass is 455 g/mol. The first-order valence-corrected chi connectivity index (χ1v) is 9.20. The first kappa shape index (κ1) is 16.0. The Morgan fingerprint density at radius 2 is 2.21 bits per heavy atom. The van der Waals surface area contributed by atoms with Crippen LogP contribution in [0.4, 0.5) is 11.5 Å².